The Balaban J connectivity index is 1.91. The molecule has 0 unspecified atom stereocenters. The second kappa shape index (κ2) is 5.04. The van der Waals surface area contributed by atoms with Crippen LogP contribution >= 0.6 is 12.2 Å². The largest absolute Gasteiger partial charge is 0.354 e. The van der Waals surface area contributed by atoms with Crippen molar-refractivity contribution in [2.75, 3.05) is 6.54 Å². The van der Waals surface area contributed by atoms with Gasteiger partial charge in [0.15, 0.2) is 4.77 Å². The highest BCUT2D eigenvalue weighted by atomic mass is 32.1. The van der Waals surface area contributed by atoms with Gasteiger partial charge in [-0.1, -0.05) is 13.8 Å². The van der Waals surface area contributed by atoms with Crippen LogP contribution in [0.15, 0.2) is 6.20 Å². The summed E-state index contributed by atoms with van der Waals surface area (Å²) in [5.74, 6) is 0.902. The fraction of sp³-hybridized carbons (Fsp3) is 0.667. The highest BCUT2D eigenvalue weighted by Gasteiger charge is 2.29. The maximum atomic E-state index is 11.5. The van der Waals surface area contributed by atoms with Crippen LogP contribution in [0.2, 0.25) is 0 Å². The van der Waals surface area contributed by atoms with Crippen LogP contribution in [0.3, 0.4) is 0 Å². The van der Waals surface area contributed by atoms with E-state index in [2.05, 4.69) is 28.7 Å². The minimum absolute atomic E-state index is 0.193. The van der Waals surface area contributed by atoms with Crippen molar-refractivity contribution in [3.8, 4) is 0 Å². The molecular formula is C12H19N3OS. The minimum atomic E-state index is 0.193. The molecule has 1 fully saturated rings. The van der Waals surface area contributed by atoms with Gasteiger partial charge in [-0.3, -0.25) is 4.79 Å². The summed E-state index contributed by atoms with van der Waals surface area (Å²) in [5.41, 5.74) is 1.19. The normalized spacial score (nSPS) is 15.2. The number of rotatable bonds is 5. The third-order valence-electron chi connectivity index (χ3n) is 3.07. The van der Waals surface area contributed by atoms with Crippen molar-refractivity contribution in [2.24, 2.45) is 5.92 Å². The van der Waals surface area contributed by atoms with Gasteiger partial charge in [0.05, 0.1) is 0 Å². The Morgan fingerprint density at radius 3 is 2.94 bits per heavy atom. The lowest BCUT2D eigenvalue weighted by Crippen LogP contribution is -2.28. The van der Waals surface area contributed by atoms with Gasteiger partial charge in [-0.05, 0) is 31.0 Å². The van der Waals surface area contributed by atoms with Crippen molar-refractivity contribution in [3.63, 3.8) is 0 Å². The smallest absolute Gasteiger partial charge is 0.223 e. The van der Waals surface area contributed by atoms with Gasteiger partial charge < -0.3 is 14.9 Å². The van der Waals surface area contributed by atoms with Crippen molar-refractivity contribution in [1.29, 1.82) is 0 Å². The molecule has 0 aliphatic heterocycles. The first-order valence-electron chi connectivity index (χ1n) is 6.15. The van der Waals surface area contributed by atoms with Gasteiger partial charge >= 0.3 is 0 Å². The van der Waals surface area contributed by atoms with Crippen LogP contribution < -0.4 is 5.32 Å². The first kappa shape index (κ1) is 12.4. The molecule has 0 aromatic carbocycles. The average molecular weight is 253 g/mol. The third kappa shape index (κ3) is 2.97. The van der Waals surface area contributed by atoms with Gasteiger partial charge in [0.1, 0.15) is 0 Å². The highest BCUT2D eigenvalue weighted by Crippen LogP contribution is 2.28. The Labute approximate surface area is 106 Å². The summed E-state index contributed by atoms with van der Waals surface area (Å²) >= 11 is 5.23. The second-order valence-corrected chi connectivity index (χ2v) is 5.28. The van der Waals surface area contributed by atoms with E-state index in [1.165, 1.54) is 5.69 Å². The van der Waals surface area contributed by atoms with E-state index in [4.69, 9.17) is 12.2 Å². The molecule has 1 aliphatic rings. The van der Waals surface area contributed by atoms with E-state index in [-0.39, 0.29) is 11.8 Å². The molecule has 0 saturated heterocycles. The number of imidazole rings is 1. The predicted octanol–water partition coefficient (Wildman–Crippen LogP) is 2.20. The van der Waals surface area contributed by atoms with Crippen molar-refractivity contribution >= 4 is 18.1 Å². The SMILES string of the molecule is CC(C)c1c[nH]c(=S)n1CCNC(=O)C1CC1. The molecule has 0 atom stereocenters. The quantitative estimate of drug-likeness (QED) is 0.790. The maximum Gasteiger partial charge on any atom is 0.223 e. The number of hydrogen-bond acceptors (Lipinski definition) is 2. The average Bonchev–Trinajstić information content (AvgIpc) is 3.05. The molecule has 0 spiro atoms. The number of aromatic amines is 1. The number of H-pyrrole nitrogens is 1. The van der Waals surface area contributed by atoms with Gasteiger partial charge in [0.2, 0.25) is 5.91 Å². The predicted molar refractivity (Wildman–Crippen MR) is 69.4 cm³/mol. The van der Waals surface area contributed by atoms with E-state index in [1.807, 2.05) is 6.20 Å². The number of carbonyl (C=O) groups excluding carboxylic acids is 1. The summed E-state index contributed by atoms with van der Waals surface area (Å²) in [4.78, 5) is 14.5. The fourth-order valence-electron chi connectivity index (χ4n) is 1.90. The molecule has 1 aromatic rings. The van der Waals surface area contributed by atoms with Crippen LogP contribution in [0.4, 0.5) is 0 Å². The molecule has 0 radical (unpaired) electrons. The van der Waals surface area contributed by atoms with Crippen molar-refractivity contribution in [2.45, 2.75) is 39.2 Å². The van der Waals surface area contributed by atoms with E-state index in [0.717, 1.165) is 24.2 Å². The molecule has 4 nitrogen and oxygen atoms in total. The van der Waals surface area contributed by atoms with Crippen molar-refractivity contribution < 1.29 is 4.79 Å². The minimum Gasteiger partial charge on any atom is -0.354 e. The summed E-state index contributed by atoms with van der Waals surface area (Å²) in [6.45, 7) is 5.67. The molecule has 1 saturated carbocycles. The van der Waals surface area contributed by atoms with Crippen molar-refractivity contribution in [1.82, 2.24) is 14.9 Å². The number of hydrogen-bond donors (Lipinski definition) is 2. The zero-order valence-electron chi connectivity index (χ0n) is 10.3. The number of aromatic nitrogens is 2. The molecule has 2 N–H and O–H groups in total. The van der Waals surface area contributed by atoms with Crippen molar-refractivity contribution in [3.05, 3.63) is 16.7 Å². The van der Waals surface area contributed by atoms with E-state index in [9.17, 15) is 4.79 Å². The number of nitrogens with zero attached hydrogens (tertiary/aromatic N) is 1. The Morgan fingerprint density at radius 2 is 2.35 bits per heavy atom. The molecule has 0 bridgehead atoms. The summed E-state index contributed by atoms with van der Waals surface area (Å²) in [5, 5.41) is 2.96. The summed E-state index contributed by atoms with van der Waals surface area (Å²) in [6.07, 6.45) is 4.05. The van der Waals surface area contributed by atoms with Crippen LogP contribution in [-0.4, -0.2) is 22.0 Å². The van der Waals surface area contributed by atoms with Gasteiger partial charge in [0.25, 0.3) is 0 Å². The molecule has 17 heavy (non-hydrogen) atoms. The van der Waals surface area contributed by atoms with Crippen LogP contribution in [0.25, 0.3) is 0 Å². The Kier molecular flexibility index (Phi) is 3.66. The topological polar surface area (TPSA) is 49.8 Å². The third-order valence-corrected chi connectivity index (χ3v) is 3.41. The van der Waals surface area contributed by atoms with E-state index in [1.54, 1.807) is 0 Å². The zero-order valence-corrected chi connectivity index (χ0v) is 11.1. The number of amides is 1. The first-order valence-corrected chi connectivity index (χ1v) is 6.56. The standard InChI is InChI=1S/C12H19N3OS/c1-8(2)10-7-14-12(17)15(10)6-5-13-11(16)9-3-4-9/h7-9H,3-6H2,1-2H3,(H,13,16)(H,14,17). The van der Waals surface area contributed by atoms with Gasteiger partial charge in [-0.15, -0.1) is 0 Å². The number of carbonyl (C=O) groups is 1. The lowest BCUT2D eigenvalue weighted by molar-refractivity contribution is -0.122. The maximum absolute atomic E-state index is 11.5. The van der Waals surface area contributed by atoms with Crippen LogP contribution in [-0.2, 0) is 11.3 Å². The monoisotopic (exact) mass is 253 g/mol. The molecule has 1 heterocycles. The van der Waals surface area contributed by atoms with E-state index < -0.39 is 0 Å². The Hall–Kier alpha value is -1.10. The van der Waals surface area contributed by atoms with E-state index in [0.29, 0.717) is 12.5 Å². The van der Waals surface area contributed by atoms with Gasteiger partial charge in [-0.2, -0.15) is 0 Å². The van der Waals surface area contributed by atoms with Gasteiger partial charge in [-0.25, -0.2) is 0 Å². The lowest BCUT2D eigenvalue weighted by atomic mass is 10.1. The summed E-state index contributed by atoms with van der Waals surface area (Å²) in [7, 11) is 0. The molecule has 2 rings (SSSR count). The summed E-state index contributed by atoms with van der Waals surface area (Å²) in [6, 6.07) is 0. The number of nitrogens with one attached hydrogen (secondary N) is 2. The van der Waals surface area contributed by atoms with Crippen LogP contribution in [0.1, 0.15) is 38.3 Å². The molecule has 1 amide bonds. The van der Waals surface area contributed by atoms with Crippen LogP contribution in [0, 0.1) is 10.7 Å². The lowest BCUT2D eigenvalue weighted by Gasteiger charge is -2.11. The zero-order chi connectivity index (χ0) is 12.4. The molecule has 5 heteroatoms. The summed E-state index contributed by atoms with van der Waals surface area (Å²) < 4.78 is 2.79. The molecule has 94 valence electrons. The second-order valence-electron chi connectivity index (χ2n) is 4.89. The van der Waals surface area contributed by atoms with E-state index >= 15 is 0 Å². The molecule has 1 aromatic heterocycles. The molecule has 1 aliphatic carbocycles. The first-order chi connectivity index (χ1) is 8.09. The fourth-order valence-corrected chi connectivity index (χ4v) is 2.15. The highest BCUT2D eigenvalue weighted by molar-refractivity contribution is 7.71. The van der Waals surface area contributed by atoms with Gasteiger partial charge in [0, 0.05) is 30.9 Å². The Bertz CT molecular complexity index is 457. The van der Waals surface area contributed by atoms with Crippen LogP contribution in [0.5, 0.6) is 0 Å². The molecular weight excluding hydrogens is 234 g/mol. The Morgan fingerprint density at radius 1 is 1.65 bits per heavy atom.